The first-order valence-electron chi connectivity index (χ1n) is 13.0. The van der Waals surface area contributed by atoms with Gasteiger partial charge in [0.2, 0.25) is 0 Å². The van der Waals surface area contributed by atoms with Gasteiger partial charge in [0.25, 0.3) is 0 Å². The van der Waals surface area contributed by atoms with Crippen LogP contribution in [-0.2, 0) is 11.6 Å². The third-order valence-corrected chi connectivity index (χ3v) is 8.72. The lowest BCUT2D eigenvalue weighted by molar-refractivity contribution is -0.136. The van der Waals surface area contributed by atoms with Crippen molar-refractivity contribution >= 4 is 51.6 Å². The summed E-state index contributed by atoms with van der Waals surface area (Å²) in [5.41, 5.74) is 1.55. The Morgan fingerprint density at radius 3 is 2.54 bits per heavy atom. The molecule has 0 saturated heterocycles. The van der Waals surface area contributed by atoms with E-state index in [-0.39, 0.29) is 22.3 Å². The van der Waals surface area contributed by atoms with Gasteiger partial charge in [-0.25, -0.2) is 4.79 Å². The Hall–Kier alpha value is -3.26. The molecule has 8 heteroatoms. The van der Waals surface area contributed by atoms with Crippen LogP contribution in [0, 0.1) is 0 Å². The van der Waals surface area contributed by atoms with Crippen molar-refractivity contribution in [3.05, 3.63) is 75.6 Å². The zero-order chi connectivity index (χ0) is 28.1. The number of hydrogen-bond donors (Lipinski definition) is 0. The average molecular weight is 553 g/mol. The molecule has 0 N–H and O–H groups in total. The second kappa shape index (κ2) is 10.0. The lowest BCUT2D eigenvalue weighted by Crippen LogP contribution is -2.41. The van der Waals surface area contributed by atoms with Crippen molar-refractivity contribution in [1.29, 1.82) is 0 Å². The Morgan fingerprint density at radius 2 is 1.85 bits per heavy atom. The highest BCUT2D eigenvalue weighted by Crippen LogP contribution is 2.51. The highest BCUT2D eigenvalue weighted by atomic mass is 32.2. The number of thioether (sulfide) groups is 1. The van der Waals surface area contributed by atoms with Crippen LogP contribution < -0.4 is 10.5 Å². The van der Waals surface area contributed by atoms with Crippen LogP contribution in [0.2, 0.25) is 0 Å². The molecule has 39 heavy (non-hydrogen) atoms. The lowest BCUT2D eigenvalue weighted by atomic mass is 9.72. The summed E-state index contributed by atoms with van der Waals surface area (Å²) in [6, 6.07) is 14.6. The van der Waals surface area contributed by atoms with Crippen LogP contribution in [0.15, 0.2) is 67.6 Å². The molecule has 0 radical (unpaired) electrons. The SMILES string of the molecule is C=Nc1c(SC)ccc2ccccc12.CC1CCN2CCC(C)(C)c3c2c1cc1c(C(F)(F)F)cc(=O)oc31. The summed E-state index contributed by atoms with van der Waals surface area (Å²) in [5.74, 6) is 0.177. The van der Waals surface area contributed by atoms with Crippen molar-refractivity contribution in [3.8, 4) is 0 Å². The van der Waals surface area contributed by atoms with Gasteiger partial charge in [-0.1, -0.05) is 51.1 Å². The number of anilines is 1. The van der Waals surface area contributed by atoms with E-state index in [0.29, 0.717) is 6.07 Å². The summed E-state index contributed by atoms with van der Waals surface area (Å²) in [7, 11) is 0. The monoisotopic (exact) mass is 552 g/mol. The van der Waals surface area contributed by atoms with Gasteiger partial charge in [0.05, 0.1) is 11.3 Å². The van der Waals surface area contributed by atoms with E-state index in [2.05, 4.69) is 47.1 Å². The first-order valence-corrected chi connectivity index (χ1v) is 14.2. The highest BCUT2D eigenvalue weighted by Gasteiger charge is 2.41. The van der Waals surface area contributed by atoms with Gasteiger partial charge in [-0.15, -0.1) is 11.8 Å². The Kier molecular flexibility index (Phi) is 7.04. The van der Waals surface area contributed by atoms with Crippen molar-refractivity contribution in [2.45, 2.75) is 56.0 Å². The molecule has 2 aliphatic rings. The quantitative estimate of drug-likeness (QED) is 0.142. The fraction of sp³-hybridized carbons (Fsp3) is 0.355. The van der Waals surface area contributed by atoms with Crippen LogP contribution in [0.25, 0.3) is 21.7 Å². The largest absolute Gasteiger partial charge is 0.422 e. The summed E-state index contributed by atoms with van der Waals surface area (Å²) >= 11 is 1.70. The third kappa shape index (κ3) is 4.84. The van der Waals surface area contributed by atoms with Crippen LogP contribution in [0.5, 0.6) is 0 Å². The van der Waals surface area contributed by atoms with Gasteiger partial charge < -0.3 is 9.32 Å². The summed E-state index contributed by atoms with van der Waals surface area (Å²) in [4.78, 5) is 19.4. The van der Waals surface area contributed by atoms with E-state index in [1.165, 1.54) is 15.7 Å². The van der Waals surface area contributed by atoms with Gasteiger partial charge in [0.15, 0.2) is 0 Å². The van der Waals surface area contributed by atoms with E-state index < -0.39 is 17.4 Å². The van der Waals surface area contributed by atoms with E-state index >= 15 is 0 Å². The maximum absolute atomic E-state index is 13.6. The van der Waals surface area contributed by atoms with Crippen molar-refractivity contribution in [1.82, 2.24) is 0 Å². The van der Waals surface area contributed by atoms with Crippen molar-refractivity contribution in [2.75, 3.05) is 24.2 Å². The zero-order valence-electron chi connectivity index (χ0n) is 22.5. The second-order valence-electron chi connectivity index (χ2n) is 10.8. The highest BCUT2D eigenvalue weighted by molar-refractivity contribution is 7.98. The van der Waals surface area contributed by atoms with Gasteiger partial charge in [0, 0.05) is 46.1 Å². The fourth-order valence-electron chi connectivity index (χ4n) is 5.83. The van der Waals surface area contributed by atoms with E-state index in [4.69, 9.17) is 4.42 Å². The molecule has 0 fully saturated rings. The zero-order valence-corrected chi connectivity index (χ0v) is 23.3. The lowest BCUT2D eigenvalue weighted by Gasteiger charge is -2.45. The van der Waals surface area contributed by atoms with Gasteiger partial charge in [-0.05, 0) is 60.2 Å². The molecule has 0 bridgehead atoms. The molecule has 6 rings (SSSR count). The number of aliphatic imine (C=N–C) groups is 1. The number of halogens is 3. The normalized spacial score (nSPS) is 17.9. The van der Waals surface area contributed by atoms with Crippen molar-refractivity contribution < 1.29 is 17.6 Å². The van der Waals surface area contributed by atoms with E-state index in [0.717, 1.165) is 48.4 Å². The standard InChI is InChI=1S/C19H20F3NO2.C12H11NS/c1-10-4-6-23-7-5-18(2,3)15-16(23)11(10)8-12-13(19(20,21)22)9-14(24)25-17(12)15;1-13-12-10-6-4-3-5-9(10)7-8-11(12)14-2/h8-10H,4-7H2,1-3H3;3-8H,1H2,2H3. The third-order valence-electron chi connectivity index (χ3n) is 7.95. The minimum absolute atomic E-state index is 0.00419. The molecule has 2 aliphatic heterocycles. The molecule has 0 saturated carbocycles. The van der Waals surface area contributed by atoms with E-state index in [1.807, 2.05) is 32.9 Å². The number of hydrogen-bond acceptors (Lipinski definition) is 5. The Balaban J connectivity index is 0.000000186. The molecular formula is C31H31F3N2O2S. The molecule has 0 amide bonds. The molecule has 204 valence electrons. The maximum Gasteiger partial charge on any atom is 0.417 e. The number of fused-ring (bicyclic) bond motifs is 3. The summed E-state index contributed by atoms with van der Waals surface area (Å²) in [6.45, 7) is 11.5. The van der Waals surface area contributed by atoms with Gasteiger partial charge in [-0.3, -0.25) is 4.99 Å². The smallest absolute Gasteiger partial charge is 0.417 e. The minimum Gasteiger partial charge on any atom is -0.422 e. The maximum atomic E-state index is 13.6. The Labute approximate surface area is 229 Å². The molecule has 1 unspecified atom stereocenters. The average Bonchev–Trinajstić information content (AvgIpc) is 2.90. The van der Waals surface area contributed by atoms with E-state index in [1.54, 1.807) is 17.8 Å². The van der Waals surface area contributed by atoms with Crippen LogP contribution in [0.4, 0.5) is 24.5 Å². The number of rotatable bonds is 2. The fourth-order valence-corrected chi connectivity index (χ4v) is 6.40. The van der Waals surface area contributed by atoms with Crippen LogP contribution in [0.3, 0.4) is 0 Å². The van der Waals surface area contributed by atoms with Crippen molar-refractivity contribution in [3.63, 3.8) is 0 Å². The Bertz CT molecular complexity index is 1640. The molecule has 3 aromatic carbocycles. The summed E-state index contributed by atoms with van der Waals surface area (Å²) in [6.07, 6.45) is -0.812. The molecule has 1 aromatic heterocycles. The molecule has 4 aromatic rings. The topological polar surface area (TPSA) is 45.8 Å². The van der Waals surface area contributed by atoms with Crippen molar-refractivity contribution in [2.24, 2.45) is 4.99 Å². The van der Waals surface area contributed by atoms with E-state index in [9.17, 15) is 18.0 Å². The number of nitrogens with zero attached hydrogens (tertiary/aromatic N) is 2. The molecule has 4 nitrogen and oxygen atoms in total. The summed E-state index contributed by atoms with van der Waals surface area (Å²) in [5, 5.41) is 2.39. The first-order chi connectivity index (χ1) is 18.5. The molecule has 0 spiro atoms. The molecule has 1 atom stereocenters. The predicted octanol–water partition coefficient (Wildman–Crippen LogP) is 8.70. The van der Waals surface area contributed by atoms with Crippen LogP contribution in [-0.4, -0.2) is 26.1 Å². The minimum atomic E-state index is -4.59. The summed E-state index contributed by atoms with van der Waals surface area (Å²) < 4.78 is 46.0. The van der Waals surface area contributed by atoms with Gasteiger partial charge >= 0.3 is 11.8 Å². The van der Waals surface area contributed by atoms with Gasteiger partial charge in [-0.2, -0.15) is 13.2 Å². The molecule has 3 heterocycles. The van der Waals surface area contributed by atoms with Gasteiger partial charge in [0.1, 0.15) is 5.58 Å². The van der Waals surface area contributed by atoms with Crippen LogP contribution in [0.1, 0.15) is 56.2 Å². The van der Waals surface area contributed by atoms with Crippen LogP contribution >= 0.6 is 11.8 Å². The number of alkyl halides is 3. The predicted molar refractivity (Wildman–Crippen MR) is 155 cm³/mol. The number of benzene rings is 3. The molecule has 0 aliphatic carbocycles. The Morgan fingerprint density at radius 1 is 1.10 bits per heavy atom. The first kappa shape index (κ1) is 27.3. The molecular weight excluding hydrogens is 521 g/mol. The second-order valence-corrected chi connectivity index (χ2v) is 11.7.